The van der Waals surface area contributed by atoms with E-state index in [0.29, 0.717) is 10.8 Å². The van der Waals surface area contributed by atoms with E-state index in [-0.39, 0.29) is 12.0 Å². The maximum absolute atomic E-state index is 8.86. The van der Waals surface area contributed by atoms with Crippen molar-refractivity contribution in [2.45, 2.75) is 33.6 Å². The molecule has 1 nitrogen and oxygen atoms in total. The maximum Gasteiger partial charge on any atom is 0.0612 e. The van der Waals surface area contributed by atoms with Crippen LogP contribution in [-0.2, 0) is 0 Å². The summed E-state index contributed by atoms with van der Waals surface area (Å²) in [5.74, 6) is 0. The van der Waals surface area contributed by atoms with Crippen LogP contribution in [0.4, 0.5) is 0 Å². The summed E-state index contributed by atoms with van der Waals surface area (Å²) in [5.41, 5.74) is 2.18. The van der Waals surface area contributed by atoms with Crippen LogP contribution in [0.25, 0.3) is 0 Å². The van der Waals surface area contributed by atoms with Gasteiger partial charge in [-0.15, -0.1) is 0 Å². The minimum absolute atomic E-state index is 0.141. The van der Waals surface area contributed by atoms with Crippen LogP contribution in [0.15, 0.2) is 24.3 Å². The highest BCUT2D eigenvalue weighted by Gasteiger charge is 2.72. The van der Waals surface area contributed by atoms with E-state index >= 15 is 0 Å². The van der Waals surface area contributed by atoms with Crippen LogP contribution < -0.4 is 0 Å². The van der Waals surface area contributed by atoms with Crippen molar-refractivity contribution in [1.29, 1.82) is 0 Å². The first kappa shape index (κ1) is 9.97. The molecule has 2 atom stereocenters. The molecule has 0 spiro atoms. The molecule has 14 heavy (non-hydrogen) atoms. The number of hydrogen-bond acceptors (Lipinski definition) is 1. The Kier molecular flexibility index (Phi) is 1.79. The summed E-state index contributed by atoms with van der Waals surface area (Å²) in [6, 6.07) is 0. The zero-order valence-electron chi connectivity index (χ0n) is 9.43. The fourth-order valence-corrected chi connectivity index (χ4v) is 3.70. The van der Waals surface area contributed by atoms with Crippen LogP contribution >= 0.6 is 0 Å². The fraction of sp³-hybridized carbons (Fsp3) is 0.692. The van der Waals surface area contributed by atoms with E-state index in [9.17, 15) is 0 Å². The second kappa shape index (κ2) is 2.52. The Morgan fingerprint density at radius 3 is 2.36 bits per heavy atom. The largest absolute Gasteiger partial charge is 0.392 e. The van der Waals surface area contributed by atoms with E-state index in [1.807, 2.05) is 6.08 Å². The lowest BCUT2D eigenvalue weighted by atomic mass is 9.41. The Morgan fingerprint density at radius 1 is 1.36 bits per heavy atom. The molecular formula is C13H20O. The summed E-state index contributed by atoms with van der Waals surface area (Å²) in [4.78, 5) is 0. The lowest BCUT2D eigenvalue weighted by Crippen LogP contribution is -2.55. The average molecular weight is 192 g/mol. The maximum atomic E-state index is 8.86. The van der Waals surface area contributed by atoms with Gasteiger partial charge in [-0.25, -0.2) is 0 Å². The highest BCUT2D eigenvalue weighted by molar-refractivity contribution is 5.47. The molecule has 1 N–H and O–H groups in total. The molecule has 3 fully saturated rings. The molecule has 0 aromatic carbocycles. The highest BCUT2D eigenvalue weighted by Crippen LogP contribution is 2.80. The zero-order valence-corrected chi connectivity index (χ0v) is 9.43. The Hall–Kier alpha value is -0.560. The lowest BCUT2D eigenvalue weighted by Gasteiger charge is -2.62. The van der Waals surface area contributed by atoms with Crippen LogP contribution in [0.5, 0.6) is 0 Å². The quantitative estimate of drug-likeness (QED) is 0.667. The predicted octanol–water partition coefficient (Wildman–Crippen LogP) is 2.92. The van der Waals surface area contributed by atoms with Crippen molar-refractivity contribution in [3.8, 4) is 0 Å². The summed E-state index contributed by atoms with van der Waals surface area (Å²) in [6.45, 7) is 11.4. The molecular weight excluding hydrogens is 172 g/mol. The van der Waals surface area contributed by atoms with Crippen LogP contribution in [-0.4, -0.2) is 11.7 Å². The Labute approximate surface area is 86.5 Å². The summed E-state index contributed by atoms with van der Waals surface area (Å²) < 4.78 is 0. The number of hydrogen-bond donors (Lipinski definition) is 1. The van der Waals surface area contributed by atoms with Crippen molar-refractivity contribution in [3.05, 3.63) is 24.3 Å². The molecule has 0 aliphatic heterocycles. The molecule has 3 aliphatic rings. The second-order valence-corrected chi connectivity index (χ2v) is 5.49. The number of allylic oxidation sites excluding steroid dienone is 2. The summed E-state index contributed by atoms with van der Waals surface area (Å²) in [5, 5.41) is 8.86. The topological polar surface area (TPSA) is 20.2 Å². The smallest absolute Gasteiger partial charge is 0.0612 e. The molecule has 0 heterocycles. The molecule has 78 valence electrons. The SMILES string of the molecule is C=C1C2(C=CCO)CC[C@@]1(C)C2(C)C. The van der Waals surface area contributed by atoms with Gasteiger partial charge in [0.25, 0.3) is 0 Å². The third kappa shape index (κ3) is 0.726. The van der Waals surface area contributed by atoms with Gasteiger partial charge in [0.05, 0.1) is 6.61 Å². The van der Waals surface area contributed by atoms with E-state index < -0.39 is 0 Å². The summed E-state index contributed by atoms with van der Waals surface area (Å²) >= 11 is 0. The van der Waals surface area contributed by atoms with Crippen LogP contribution in [0.3, 0.4) is 0 Å². The van der Waals surface area contributed by atoms with Crippen molar-refractivity contribution in [2.75, 3.05) is 6.61 Å². The monoisotopic (exact) mass is 192 g/mol. The third-order valence-electron chi connectivity index (χ3n) is 5.23. The minimum Gasteiger partial charge on any atom is -0.392 e. The van der Waals surface area contributed by atoms with Gasteiger partial charge in [0.15, 0.2) is 0 Å². The van der Waals surface area contributed by atoms with E-state index in [4.69, 9.17) is 5.11 Å². The van der Waals surface area contributed by atoms with Gasteiger partial charge in [-0.2, -0.15) is 0 Å². The van der Waals surface area contributed by atoms with Crippen LogP contribution in [0.1, 0.15) is 33.6 Å². The van der Waals surface area contributed by atoms with E-state index in [0.717, 1.165) is 0 Å². The Bertz CT molecular complexity index is 313. The van der Waals surface area contributed by atoms with Crippen molar-refractivity contribution in [2.24, 2.45) is 16.2 Å². The van der Waals surface area contributed by atoms with Gasteiger partial charge in [-0.3, -0.25) is 0 Å². The van der Waals surface area contributed by atoms with Gasteiger partial charge in [-0.1, -0.05) is 45.1 Å². The fourth-order valence-electron chi connectivity index (χ4n) is 3.70. The van der Waals surface area contributed by atoms with E-state index in [1.54, 1.807) is 0 Å². The van der Waals surface area contributed by atoms with Gasteiger partial charge in [0.1, 0.15) is 0 Å². The molecule has 1 heteroatoms. The molecule has 2 bridgehead atoms. The number of rotatable bonds is 2. The average Bonchev–Trinajstić information content (AvgIpc) is 2.52. The molecule has 0 amide bonds. The number of aliphatic hydroxyl groups is 1. The number of fused-ring (bicyclic) bond motifs is 1. The molecule has 0 saturated heterocycles. The lowest BCUT2D eigenvalue weighted by molar-refractivity contribution is -0.00732. The van der Waals surface area contributed by atoms with Crippen molar-refractivity contribution >= 4 is 0 Å². The summed E-state index contributed by atoms with van der Waals surface area (Å²) in [7, 11) is 0. The molecule has 1 unspecified atom stereocenters. The standard InChI is InChI=1S/C13H20O/c1-10-12(4)7-8-13(10,6-5-9-14)11(12,2)3/h5-6,14H,1,7-9H2,2-4H3/t12-,13?/m1/s1. The van der Waals surface area contributed by atoms with Crippen LogP contribution in [0, 0.1) is 16.2 Å². The van der Waals surface area contributed by atoms with Gasteiger partial charge in [0, 0.05) is 5.41 Å². The minimum atomic E-state index is 0.141. The first-order valence-corrected chi connectivity index (χ1v) is 5.41. The van der Waals surface area contributed by atoms with Crippen LogP contribution in [0.2, 0.25) is 0 Å². The molecule has 0 aromatic heterocycles. The molecule has 0 aromatic rings. The zero-order chi connectivity index (χ0) is 10.6. The number of aliphatic hydroxyl groups excluding tert-OH is 1. The first-order valence-electron chi connectivity index (χ1n) is 5.41. The summed E-state index contributed by atoms with van der Waals surface area (Å²) in [6.07, 6.45) is 6.50. The molecule has 3 saturated carbocycles. The predicted molar refractivity (Wildman–Crippen MR) is 58.9 cm³/mol. The van der Waals surface area contributed by atoms with Gasteiger partial charge < -0.3 is 5.11 Å². The van der Waals surface area contributed by atoms with Gasteiger partial charge in [-0.05, 0) is 23.7 Å². The second-order valence-electron chi connectivity index (χ2n) is 5.49. The normalized spacial score (nSPS) is 44.4. The third-order valence-corrected chi connectivity index (χ3v) is 5.23. The molecule has 0 radical (unpaired) electrons. The molecule has 3 aliphatic carbocycles. The van der Waals surface area contributed by atoms with E-state index in [1.165, 1.54) is 18.4 Å². The first-order chi connectivity index (χ1) is 6.42. The van der Waals surface area contributed by atoms with Crippen molar-refractivity contribution < 1.29 is 5.11 Å². The Balaban J connectivity index is 2.39. The Morgan fingerprint density at radius 2 is 2.00 bits per heavy atom. The molecule has 3 rings (SSSR count). The van der Waals surface area contributed by atoms with Gasteiger partial charge >= 0.3 is 0 Å². The van der Waals surface area contributed by atoms with Crippen molar-refractivity contribution in [1.82, 2.24) is 0 Å². The van der Waals surface area contributed by atoms with Gasteiger partial charge in [0.2, 0.25) is 0 Å². The highest BCUT2D eigenvalue weighted by atomic mass is 16.2. The van der Waals surface area contributed by atoms with Crippen molar-refractivity contribution in [3.63, 3.8) is 0 Å². The van der Waals surface area contributed by atoms with E-state index in [2.05, 4.69) is 33.4 Å².